The molecule has 1 amide bonds. The first-order valence-corrected chi connectivity index (χ1v) is 8.08. The summed E-state index contributed by atoms with van der Waals surface area (Å²) >= 11 is 1.85. The third-order valence-electron chi connectivity index (χ3n) is 4.35. The Morgan fingerprint density at radius 1 is 1.35 bits per heavy atom. The van der Waals surface area contributed by atoms with Gasteiger partial charge in [0.25, 0.3) is 0 Å². The number of carbonyl (C=O) groups is 1. The Bertz CT molecular complexity index is 450. The van der Waals surface area contributed by atoms with E-state index in [2.05, 4.69) is 29.3 Å². The highest BCUT2D eigenvalue weighted by atomic mass is 35.5. The fourth-order valence-electron chi connectivity index (χ4n) is 3.25. The molecular weight excluding hydrogens is 292 g/mol. The molecule has 3 rings (SSSR count). The van der Waals surface area contributed by atoms with E-state index in [1.165, 1.54) is 9.75 Å². The third kappa shape index (κ3) is 3.54. The van der Waals surface area contributed by atoms with Crippen LogP contribution < -0.4 is 5.32 Å². The Morgan fingerprint density at radius 2 is 2.05 bits per heavy atom. The SMILES string of the molecule is Cc1ccc(CCCC(=O)N2C[C@H]3CNC[C@H]3C2)s1.Cl. The van der Waals surface area contributed by atoms with E-state index >= 15 is 0 Å². The van der Waals surface area contributed by atoms with Crippen molar-refractivity contribution in [1.82, 2.24) is 10.2 Å². The first kappa shape index (κ1) is 15.8. The summed E-state index contributed by atoms with van der Waals surface area (Å²) in [6.45, 7) is 6.30. The molecule has 3 heterocycles. The minimum Gasteiger partial charge on any atom is -0.342 e. The summed E-state index contributed by atoms with van der Waals surface area (Å²) in [5, 5.41) is 3.41. The van der Waals surface area contributed by atoms with Crippen molar-refractivity contribution >= 4 is 29.7 Å². The van der Waals surface area contributed by atoms with Crippen molar-refractivity contribution in [2.75, 3.05) is 26.2 Å². The summed E-state index contributed by atoms with van der Waals surface area (Å²) in [5.41, 5.74) is 0. The zero-order chi connectivity index (χ0) is 13.2. The number of nitrogens with zero attached hydrogens (tertiary/aromatic N) is 1. The molecule has 0 unspecified atom stereocenters. The molecule has 2 aliphatic rings. The predicted octanol–water partition coefficient (Wildman–Crippen LogP) is 2.48. The van der Waals surface area contributed by atoms with Gasteiger partial charge in [0, 0.05) is 42.4 Å². The molecule has 2 atom stereocenters. The van der Waals surface area contributed by atoms with Crippen molar-refractivity contribution in [3.05, 3.63) is 21.9 Å². The molecule has 5 heteroatoms. The Balaban J connectivity index is 0.00000147. The number of thiophene rings is 1. The van der Waals surface area contributed by atoms with Gasteiger partial charge in [-0.15, -0.1) is 23.7 Å². The van der Waals surface area contributed by atoms with E-state index in [0.717, 1.165) is 39.0 Å². The average molecular weight is 315 g/mol. The Kier molecular flexibility index (Phi) is 5.47. The van der Waals surface area contributed by atoms with E-state index in [-0.39, 0.29) is 12.4 Å². The Labute approximate surface area is 131 Å². The predicted molar refractivity (Wildman–Crippen MR) is 85.7 cm³/mol. The van der Waals surface area contributed by atoms with E-state index in [1.807, 2.05) is 11.3 Å². The molecular formula is C15H23ClN2OS. The number of halogens is 1. The van der Waals surface area contributed by atoms with E-state index in [1.54, 1.807) is 0 Å². The van der Waals surface area contributed by atoms with Gasteiger partial charge < -0.3 is 10.2 Å². The molecule has 20 heavy (non-hydrogen) atoms. The second-order valence-electron chi connectivity index (χ2n) is 5.84. The number of carbonyl (C=O) groups excluding carboxylic acids is 1. The van der Waals surface area contributed by atoms with E-state index in [0.29, 0.717) is 24.2 Å². The minimum atomic E-state index is 0. The van der Waals surface area contributed by atoms with Crippen LogP contribution in [0.25, 0.3) is 0 Å². The first-order chi connectivity index (χ1) is 9.22. The van der Waals surface area contributed by atoms with Crippen LogP contribution in [0.3, 0.4) is 0 Å². The number of amides is 1. The summed E-state index contributed by atoms with van der Waals surface area (Å²) in [5.74, 6) is 1.79. The standard InChI is InChI=1S/C15H22N2OS.ClH/c1-11-5-6-14(19-11)3-2-4-15(18)17-9-12-7-16-8-13(12)10-17;/h5-6,12-13,16H,2-4,7-10H2,1H3;1H/t12-,13+;. The van der Waals surface area contributed by atoms with Crippen molar-refractivity contribution in [3.8, 4) is 0 Å². The monoisotopic (exact) mass is 314 g/mol. The van der Waals surface area contributed by atoms with Gasteiger partial charge in [-0.05, 0) is 43.7 Å². The normalized spacial score (nSPS) is 24.6. The molecule has 1 N–H and O–H groups in total. The van der Waals surface area contributed by atoms with Gasteiger partial charge in [-0.25, -0.2) is 0 Å². The maximum atomic E-state index is 12.2. The number of aryl methyl sites for hydroxylation is 2. The van der Waals surface area contributed by atoms with Crippen molar-refractivity contribution in [1.29, 1.82) is 0 Å². The Morgan fingerprint density at radius 3 is 2.65 bits per heavy atom. The van der Waals surface area contributed by atoms with Gasteiger partial charge in [-0.1, -0.05) is 0 Å². The molecule has 2 fully saturated rings. The fraction of sp³-hybridized carbons (Fsp3) is 0.667. The highest BCUT2D eigenvalue weighted by molar-refractivity contribution is 7.11. The van der Waals surface area contributed by atoms with Gasteiger partial charge in [-0.3, -0.25) is 4.79 Å². The lowest BCUT2D eigenvalue weighted by molar-refractivity contribution is -0.130. The van der Waals surface area contributed by atoms with Crippen LogP contribution in [0.15, 0.2) is 12.1 Å². The third-order valence-corrected chi connectivity index (χ3v) is 5.41. The van der Waals surface area contributed by atoms with Crippen LogP contribution in [0.5, 0.6) is 0 Å². The minimum absolute atomic E-state index is 0. The molecule has 0 radical (unpaired) electrons. The maximum absolute atomic E-state index is 12.2. The van der Waals surface area contributed by atoms with Crippen LogP contribution in [0, 0.1) is 18.8 Å². The molecule has 0 saturated carbocycles. The van der Waals surface area contributed by atoms with Crippen LogP contribution in [0.1, 0.15) is 22.6 Å². The van der Waals surface area contributed by atoms with Crippen LogP contribution in [-0.2, 0) is 11.2 Å². The number of hydrogen-bond acceptors (Lipinski definition) is 3. The Hall–Kier alpha value is -0.580. The topological polar surface area (TPSA) is 32.3 Å². The molecule has 0 aliphatic carbocycles. The summed E-state index contributed by atoms with van der Waals surface area (Å²) in [6.07, 6.45) is 2.75. The maximum Gasteiger partial charge on any atom is 0.222 e. The second kappa shape index (κ2) is 6.92. The average Bonchev–Trinajstić information content (AvgIpc) is 3.03. The molecule has 1 aromatic rings. The van der Waals surface area contributed by atoms with Gasteiger partial charge in [0.15, 0.2) is 0 Å². The molecule has 2 saturated heterocycles. The number of fused-ring (bicyclic) bond motifs is 1. The van der Waals surface area contributed by atoms with Gasteiger partial charge in [0.2, 0.25) is 5.91 Å². The van der Waals surface area contributed by atoms with Gasteiger partial charge in [0.05, 0.1) is 0 Å². The van der Waals surface area contributed by atoms with Crippen LogP contribution in [0.2, 0.25) is 0 Å². The lowest BCUT2D eigenvalue weighted by atomic mass is 10.0. The number of likely N-dealkylation sites (tertiary alicyclic amines) is 1. The largest absolute Gasteiger partial charge is 0.342 e. The van der Waals surface area contributed by atoms with E-state index in [9.17, 15) is 4.79 Å². The fourth-order valence-corrected chi connectivity index (χ4v) is 4.18. The van der Waals surface area contributed by atoms with Crippen LogP contribution >= 0.6 is 23.7 Å². The lowest BCUT2D eigenvalue weighted by Gasteiger charge is -2.17. The van der Waals surface area contributed by atoms with Gasteiger partial charge in [0.1, 0.15) is 0 Å². The second-order valence-corrected chi connectivity index (χ2v) is 7.22. The zero-order valence-corrected chi connectivity index (χ0v) is 13.6. The smallest absolute Gasteiger partial charge is 0.222 e. The van der Waals surface area contributed by atoms with Crippen LogP contribution in [0.4, 0.5) is 0 Å². The summed E-state index contributed by atoms with van der Waals surface area (Å²) < 4.78 is 0. The van der Waals surface area contributed by atoms with Gasteiger partial charge in [-0.2, -0.15) is 0 Å². The zero-order valence-electron chi connectivity index (χ0n) is 11.9. The molecule has 0 spiro atoms. The van der Waals surface area contributed by atoms with Crippen molar-refractivity contribution in [2.45, 2.75) is 26.2 Å². The van der Waals surface area contributed by atoms with Crippen molar-refractivity contribution in [3.63, 3.8) is 0 Å². The molecule has 1 aromatic heterocycles. The first-order valence-electron chi connectivity index (χ1n) is 7.26. The molecule has 2 aliphatic heterocycles. The highest BCUT2D eigenvalue weighted by Gasteiger charge is 2.37. The van der Waals surface area contributed by atoms with Crippen LogP contribution in [-0.4, -0.2) is 37.0 Å². The quantitative estimate of drug-likeness (QED) is 0.926. The number of rotatable bonds is 4. The van der Waals surface area contributed by atoms with E-state index in [4.69, 9.17) is 0 Å². The van der Waals surface area contributed by atoms with Gasteiger partial charge >= 0.3 is 0 Å². The summed E-state index contributed by atoms with van der Waals surface area (Å²) in [6, 6.07) is 4.35. The van der Waals surface area contributed by atoms with Crippen molar-refractivity contribution < 1.29 is 4.79 Å². The van der Waals surface area contributed by atoms with Crippen molar-refractivity contribution in [2.24, 2.45) is 11.8 Å². The molecule has 0 bridgehead atoms. The van der Waals surface area contributed by atoms with E-state index < -0.39 is 0 Å². The summed E-state index contributed by atoms with van der Waals surface area (Å²) in [4.78, 5) is 17.0. The molecule has 3 nitrogen and oxygen atoms in total. The number of hydrogen-bond donors (Lipinski definition) is 1. The summed E-state index contributed by atoms with van der Waals surface area (Å²) in [7, 11) is 0. The number of nitrogens with one attached hydrogen (secondary N) is 1. The molecule has 112 valence electrons. The highest BCUT2D eigenvalue weighted by Crippen LogP contribution is 2.27. The molecule has 0 aromatic carbocycles. The lowest BCUT2D eigenvalue weighted by Crippen LogP contribution is -2.31.